The highest BCUT2D eigenvalue weighted by molar-refractivity contribution is 4.88. The van der Waals surface area contributed by atoms with Crippen LogP contribution in [0, 0.1) is 0 Å². The molecule has 0 spiro atoms. The van der Waals surface area contributed by atoms with E-state index < -0.39 is 24.4 Å². The van der Waals surface area contributed by atoms with Gasteiger partial charge in [-0.05, 0) is 25.7 Å². The van der Waals surface area contributed by atoms with E-state index in [9.17, 15) is 15.3 Å². The molecule has 0 saturated carbocycles. The second kappa shape index (κ2) is 16.5. The highest BCUT2D eigenvalue weighted by atomic mass is 16.6. The van der Waals surface area contributed by atoms with Gasteiger partial charge in [-0.15, -0.1) is 0 Å². The van der Waals surface area contributed by atoms with Crippen molar-refractivity contribution >= 4 is 0 Å². The summed E-state index contributed by atoms with van der Waals surface area (Å²) < 4.78 is 11.0. The number of aliphatic hydroxyl groups is 3. The van der Waals surface area contributed by atoms with Gasteiger partial charge in [0.15, 0.2) is 0 Å². The lowest BCUT2D eigenvalue weighted by atomic mass is 10.1. The van der Waals surface area contributed by atoms with Gasteiger partial charge < -0.3 is 24.8 Å². The predicted octanol–water partition coefficient (Wildman–Crippen LogP) is 3.74. The van der Waals surface area contributed by atoms with Crippen molar-refractivity contribution in [3.05, 3.63) is 12.2 Å². The van der Waals surface area contributed by atoms with Crippen molar-refractivity contribution in [1.82, 2.24) is 0 Å². The molecule has 4 atom stereocenters. The highest BCUT2D eigenvalue weighted by Gasteiger charge is 2.40. The first-order valence-corrected chi connectivity index (χ1v) is 11.1. The van der Waals surface area contributed by atoms with Crippen LogP contribution in [0.25, 0.3) is 0 Å². The minimum Gasteiger partial charge on any atom is -0.394 e. The number of rotatable bonds is 17. The topological polar surface area (TPSA) is 79.2 Å². The average Bonchev–Trinajstić information content (AvgIpc) is 3.00. The average molecular weight is 387 g/mol. The fraction of sp³-hybridized carbons (Fsp3) is 0.909. The second-order valence-corrected chi connectivity index (χ2v) is 7.68. The molecule has 1 rings (SSSR count). The van der Waals surface area contributed by atoms with Gasteiger partial charge in [0.25, 0.3) is 0 Å². The summed E-state index contributed by atoms with van der Waals surface area (Å²) in [7, 11) is 0. The van der Waals surface area contributed by atoms with Crippen molar-refractivity contribution in [3.63, 3.8) is 0 Å². The van der Waals surface area contributed by atoms with Gasteiger partial charge >= 0.3 is 0 Å². The maximum absolute atomic E-state index is 9.81. The van der Waals surface area contributed by atoms with Crippen LogP contribution in [0.1, 0.15) is 84.0 Å². The number of aliphatic hydroxyl groups excluding tert-OH is 3. The zero-order chi connectivity index (χ0) is 19.7. The third kappa shape index (κ3) is 11.2. The maximum atomic E-state index is 9.81. The Morgan fingerprint density at radius 2 is 1.52 bits per heavy atom. The number of ether oxygens (including phenoxy) is 2. The van der Waals surface area contributed by atoms with E-state index in [-0.39, 0.29) is 13.2 Å². The molecular formula is C22H42O5. The Morgan fingerprint density at radius 3 is 2.07 bits per heavy atom. The molecule has 0 unspecified atom stereocenters. The van der Waals surface area contributed by atoms with E-state index in [0.29, 0.717) is 6.61 Å². The maximum Gasteiger partial charge on any atom is 0.114 e. The van der Waals surface area contributed by atoms with Crippen LogP contribution in [0.5, 0.6) is 0 Å². The molecule has 0 aromatic rings. The van der Waals surface area contributed by atoms with Crippen molar-refractivity contribution in [1.29, 1.82) is 0 Å². The molecule has 1 fully saturated rings. The van der Waals surface area contributed by atoms with Gasteiger partial charge in [0, 0.05) is 6.61 Å². The van der Waals surface area contributed by atoms with E-state index in [1.807, 2.05) is 0 Å². The summed E-state index contributed by atoms with van der Waals surface area (Å²) in [5.41, 5.74) is 0. The fourth-order valence-electron chi connectivity index (χ4n) is 3.42. The Hall–Kier alpha value is -0.460. The molecule has 160 valence electrons. The first kappa shape index (κ1) is 24.6. The SMILES string of the molecule is CCCC/C=C/CCCCCCCCCCO[C@@H](CO)[C@@H]1OC[C@@H](O)[C@@H]1O. The Bertz CT molecular complexity index is 361. The number of hydrogen-bond acceptors (Lipinski definition) is 5. The predicted molar refractivity (Wildman–Crippen MR) is 109 cm³/mol. The molecule has 3 N–H and O–H groups in total. The first-order valence-electron chi connectivity index (χ1n) is 11.1. The molecule has 0 aromatic carbocycles. The smallest absolute Gasteiger partial charge is 0.114 e. The van der Waals surface area contributed by atoms with Crippen LogP contribution in [0.3, 0.4) is 0 Å². The normalized spacial score (nSPS) is 24.1. The molecule has 1 heterocycles. The van der Waals surface area contributed by atoms with Gasteiger partial charge in [-0.3, -0.25) is 0 Å². The lowest BCUT2D eigenvalue weighted by Gasteiger charge is -2.24. The summed E-state index contributed by atoms with van der Waals surface area (Å²) in [5, 5.41) is 28.7. The van der Waals surface area contributed by atoms with Crippen LogP contribution < -0.4 is 0 Å². The molecule has 5 heteroatoms. The van der Waals surface area contributed by atoms with Crippen LogP contribution in [0.4, 0.5) is 0 Å². The minimum absolute atomic E-state index is 0.0981. The summed E-state index contributed by atoms with van der Waals surface area (Å²) in [6.07, 6.45) is 16.5. The number of allylic oxidation sites excluding steroid dienone is 2. The Morgan fingerprint density at radius 1 is 0.926 bits per heavy atom. The summed E-state index contributed by atoms with van der Waals surface area (Å²) in [6, 6.07) is 0. The van der Waals surface area contributed by atoms with Crippen LogP contribution in [0.2, 0.25) is 0 Å². The Labute approximate surface area is 165 Å². The summed E-state index contributed by atoms with van der Waals surface area (Å²) in [5.74, 6) is 0. The fourth-order valence-corrected chi connectivity index (χ4v) is 3.42. The third-order valence-electron chi connectivity index (χ3n) is 5.22. The van der Waals surface area contributed by atoms with Crippen LogP contribution in [-0.2, 0) is 9.47 Å². The quantitative estimate of drug-likeness (QED) is 0.262. The van der Waals surface area contributed by atoms with Gasteiger partial charge in [0.05, 0.1) is 13.2 Å². The largest absolute Gasteiger partial charge is 0.394 e. The molecule has 0 amide bonds. The third-order valence-corrected chi connectivity index (χ3v) is 5.22. The number of unbranched alkanes of at least 4 members (excludes halogenated alkanes) is 10. The van der Waals surface area contributed by atoms with Gasteiger partial charge in [0.1, 0.15) is 24.4 Å². The molecule has 1 aliphatic heterocycles. The molecule has 1 aliphatic rings. The van der Waals surface area contributed by atoms with Crippen LogP contribution in [0.15, 0.2) is 12.2 Å². The van der Waals surface area contributed by atoms with Gasteiger partial charge in [-0.25, -0.2) is 0 Å². The van der Waals surface area contributed by atoms with Crippen molar-refractivity contribution in [2.45, 2.75) is 108 Å². The van der Waals surface area contributed by atoms with Crippen molar-refractivity contribution in [3.8, 4) is 0 Å². The summed E-state index contributed by atoms with van der Waals surface area (Å²) >= 11 is 0. The van der Waals surface area contributed by atoms with Crippen molar-refractivity contribution < 1.29 is 24.8 Å². The zero-order valence-corrected chi connectivity index (χ0v) is 17.2. The molecule has 0 radical (unpaired) electrons. The lowest BCUT2D eigenvalue weighted by molar-refractivity contribution is -0.101. The molecular weight excluding hydrogens is 344 g/mol. The first-order chi connectivity index (χ1) is 13.2. The summed E-state index contributed by atoms with van der Waals surface area (Å²) in [4.78, 5) is 0. The molecule has 1 saturated heterocycles. The zero-order valence-electron chi connectivity index (χ0n) is 17.2. The molecule has 0 bridgehead atoms. The standard InChI is InChI=1S/C22H42O5/c1-2-3-4-5-6-7-8-9-10-11-12-13-14-15-16-26-20(17-23)22-21(25)19(24)18-27-22/h5-6,19-25H,2-4,7-18H2,1H3/b6-5+/t19-,20+,21+,22+/m1/s1. The lowest BCUT2D eigenvalue weighted by Crippen LogP contribution is -2.42. The van der Waals surface area contributed by atoms with Crippen molar-refractivity contribution in [2.75, 3.05) is 19.8 Å². The molecule has 5 nitrogen and oxygen atoms in total. The second-order valence-electron chi connectivity index (χ2n) is 7.68. The van der Waals surface area contributed by atoms with Crippen molar-refractivity contribution in [2.24, 2.45) is 0 Å². The van der Waals surface area contributed by atoms with Crippen LogP contribution in [-0.4, -0.2) is 59.6 Å². The van der Waals surface area contributed by atoms with Gasteiger partial charge in [-0.1, -0.05) is 70.4 Å². The van der Waals surface area contributed by atoms with E-state index in [1.54, 1.807) is 0 Å². The van der Waals surface area contributed by atoms with E-state index in [1.165, 1.54) is 64.2 Å². The van der Waals surface area contributed by atoms with E-state index in [2.05, 4.69) is 19.1 Å². The Kier molecular flexibility index (Phi) is 15.0. The summed E-state index contributed by atoms with van der Waals surface area (Å²) in [6.45, 7) is 2.68. The monoisotopic (exact) mass is 386 g/mol. The van der Waals surface area contributed by atoms with E-state index >= 15 is 0 Å². The number of hydrogen-bond donors (Lipinski definition) is 3. The minimum atomic E-state index is -0.978. The van der Waals surface area contributed by atoms with E-state index in [4.69, 9.17) is 9.47 Å². The molecule has 27 heavy (non-hydrogen) atoms. The van der Waals surface area contributed by atoms with Gasteiger partial charge in [0.2, 0.25) is 0 Å². The van der Waals surface area contributed by atoms with Crippen LogP contribution >= 0.6 is 0 Å². The highest BCUT2D eigenvalue weighted by Crippen LogP contribution is 2.20. The van der Waals surface area contributed by atoms with E-state index in [0.717, 1.165) is 12.8 Å². The Balaban J connectivity index is 1.88. The molecule has 0 aromatic heterocycles. The van der Waals surface area contributed by atoms with Gasteiger partial charge in [-0.2, -0.15) is 0 Å². The molecule has 0 aliphatic carbocycles.